The molecule has 4 N–H and O–H groups in total. The van der Waals surface area contributed by atoms with Crippen LogP contribution < -0.4 is 15.5 Å². The van der Waals surface area contributed by atoms with Crippen molar-refractivity contribution in [3.63, 3.8) is 0 Å². The fraction of sp³-hybridized carbons (Fsp3) is 0.583. The van der Waals surface area contributed by atoms with E-state index in [0.29, 0.717) is 30.3 Å². The van der Waals surface area contributed by atoms with Gasteiger partial charge in [-0.25, -0.2) is 4.98 Å². The first kappa shape index (κ1) is 12.9. The minimum absolute atomic E-state index is 0.295. The molecule has 1 saturated heterocycles. The number of hydrogen-bond donors (Lipinski definition) is 3. The molecule has 18 heavy (non-hydrogen) atoms. The van der Waals surface area contributed by atoms with Gasteiger partial charge in [0.2, 0.25) is 0 Å². The van der Waals surface area contributed by atoms with Crippen LogP contribution in [0.2, 0.25) is 0 Å². The van der Waals surface area contributed by atoms with Crippen molar-refractivity contribution in [3.05, 3.63) is 12.1 Å². The lowest BCUT2D eigenvalue weighted by molar-refractivity contribution is -0.00543. The number of nitrogen functional groups attached to an aromatic ring is 1. The zero-order chi connectivity index (χ0) is 13.3. The van der Waals surface area contributed by atoms with Crippen LogP contribution in [0.15, 0.2) is 12.1 Å². The van der Waals surface area contributed by atoms with E-state index in [4.69, 9.17) is 5.73 Å². The maximum Gasteiger partial charge on any atom is 0.162 e. The number of rotatable bonds is 3. The summed E-state index contributed by atoms with van der Waals surface area (Å²) in [5.41, 5.74) is 5.25. The fourth-order valence-electron chi connectivity index (χ4n) is 2.31. The molecule has 1 atom stereocenters. The second-order valence-electron chi connectivity index (χ2n) is 4.87. The number of anilines is 3. The standard InChI is InChI=1S/C12H20N4O2/c1-15(2)11-9(13)4-5-10(14-11)16-7-3-6-12(16,18)8-17/h4-5,17-18H,3,6-8,13H2,1-2H3. The van der Waals surface area contributed by atoms with Crippen molar-refractivity contribution in [2.24, 2.45) is 0 Å². The molecule has 6 nitrogen and oxygen atoms in total. The molecule has 1 fully saturated rings. The number of aromatic nitrogens is 1. The molecule has 0 bridgehead atoms. The molecule has 1 unspecified atom stereocenters. The van der Waals surface area contributed by atoms with Crippen molar-refractivity contribution in [2.45, 2.75) is 18.6 Å². The molecule has 0 aliphatic carbocycles. The highest BCUT2D eigenvalue weighted by Gasteiger charge is 2.39. The number of nitrogens with zero attached hydrogens (tertiary/aromatic N) is 3. The van der Waals surface area contributed by atoms with Crippen LogP contribution in [0.1, 0.15) is 12.8 Å². The smallest absolute Gasteiger partial charge is 0.162 e. The first-order valence-corrected chi connectivity index (χ1v) is 6.02. The predicted octanol–water partition coefficient (Wildman–Crippen LogP) is 0.0109. The van der Waals surface area contributed by atoms with Gasteiger partial charge in [-0.1, -0.05) is 0 Å². The van der Waals surface area contributed by atoms with Crippen LogP contribution in [-0.2, 0) is 0 Å². The van der Waals surface area contributed by atoms with Crippen LogP contribution in [0.4, 0.5) is 17.3 Å². The Kier molecular flexibility index (Phi) is 3.32. The van der Waals surface area contributed by atoms with Crippen LogP contribution in [-0.4, -0.2) is 48.2 Å². The summed E-state index contributed by atoms with van der Waals surface area (Å²) in [7, 11) is 3.73. The van der Waals surface area contributed by atoms with Gasteiger partial charge in [0, 0.05) is 20.6 Å². The van der Waals surface area contributed by atoms with Gasteiger partial charge in [0.25, 0.3) is 0 Å². The third-order valence-corrected chi connectivity index (χ3v) is 3.31. The molecule has 0 spiro atoms. The summed E-state index contributed by atoms with van der Waals surface area (Å²) in [6.07, 6.45) is 1.38. The van der Waals surface area contributed by atoms with Crippen molar-refractivity contribution >= 4 is 17.3 Å². The zero-order valence-corrected chi connectivity index (χ0v) is 10.8. The normalized spacial score (nSPS) is 23.4. The summed E-state index contributed by atoms with van der Waals surface area (Å²) < 4.78 is 0. The van der Waals surface area contributed by atoms with Gasteiger partial charge < -0.3 is 25.7 Å². The Labute approximate surface area is 107 Å². The average molecular weight is 252 g/mol. The third-order valence-electron chi connectivity index (χ3n) is 3.31. The highest BCUT2D eigenvalue weighted by atomic mass is 16.4. The van der Waals surface area contributed by atoms with E-state index in [2.05, 4.69) is 4.98 Å². The highest BCUT2D eigenvalue weighted by Crippen LogP contribution is 2.33. The Morgan fingerprint density at radius 2 is 2.22 bits per heavy atom. The molecule has 1 aromatic rings. The Morgan fingerprint density at radius 1 is 1.50 bits per heavy atom. The van der Waals surface area contributed by atoms with Crippen molar-refractivity contribution < 1.29 is 10.2 Å². The van der Waals surface area contributed by atoms with E-state index in [1.807, 2.05) is 19.0 Å². The maximum atomic E-state index is 10.3. The lowest BCUT2D eigenvalue weighted by Crippen LogP contribution is -2.47. The van der Waals surface area contributed by atoms with E-state index >= 15 is 0 Å². The number of pyridine rings is 1. The van der Waals surface area contributed by atoms with Gasteiger partial charge in [-0.05, 0) is 25.0 Å². The number of aliphatic hydroxyl groups is 2. The summed E-state index contributed by atoms with van der Waals surface area (Å²) in [5, 5.41) is 19.6. The van der Waals surface area contributed by atoms with Gasteiger partial charge in [0.15, 0.2) is 11.5 Å². The van der Waals surface area contributed by atoms with E-state index in [9.17, 15) is 10.2 Å². The molecule has 0 aromatic carbocycles. The van der Waals surface area contributed by atoms with Gasteiger partial charge in [-0.15, -0.1) is 0 Å². The molecular weight excluding hydrogens is 232 g/mol. The summed E-state index contributed by atoms with van der Waals surface area (Å²) in [4.78, 5) is 8.01. The zero-order valence-electron chi connectivity index (χ0n) is 10.8. The topological polar surface area (TPSA) is 85.9 Å². The van der Waals surface area contributed by atoms with Crippen LogP contribution in [0.25, 0.3) is 0 Å². The van der Waals surface area contributed by atoms with Gasteiger partial charge in [-0.3, -0.25) is 0 Å². The lowest BCUT2D eigenvalue weighted by atomic mass is 10.1. The lowest BCUT2D eigenvalue weighted by Gasteiger charge is -2.33. The summed E-state index contributed by atoms with van der Waals surface area (Å²) in [5.74, 6) is 1.31. The van der Waals surface area contributed by atoms with E-state index in [0.717, 1.165) is 6.42 Å². The van der Waals surface area contributed by atoms with Crippen molar-refractivity contribution in [1.29, 1.82) is 0 Å². The molecule has 6 heteroatoms. The maximum absolute atomic E-state index is 10.3. The highest BCUT2D eigenvalue weighted by molar-refractivity contribution is 5.66. The third kappa shape index (κ3) is 2.09. The van der Waals surface area contributed by atoms with Crippen molar-refractivity contribution in [1.82, 2.24) is 4.98 Å². The molecule has 2 rings (SSSR count). The van der Waals surface area contributed by atoms with Crippen molar-refractivity contribution in [3.8, 4) is 0 Å². The Morgan fingerprint density at radius 3 is 2.83 bits per heavy atom. The molecule has 0 saturated carbocycles. The number of aliphatic hydroxyl groups excluding tert-OH is 1. The molecule has 2 heterocycles. The summed E-state index contributed by atoms with van der Waals surface area (Å²) >= 11 is 0. The van der Waals surface area contributed by atoms with Gasteiger partial charge in [-0.2, -0.15) is 0 Å². The van der Waals surface area contributed by atoms with Crippen molar-refractivity contribution in [2.75, 3.05) is 42.8 Å². The minimum Gasteiger partial charge on any atom is -0.396 e. The van der Waals surface area contributed by atoms with Crippen LogP contribution in [0.3, 0.4) is 0 Å². The average Bonchev–Trinajstić information content (AvgIpc) is 2.72. The summed E-state index contributed by atoms with van der Waals surface area (Å²) in [6.45, 7) is 0.386. The monoisotopic (exact) mass is 252 g/mol. The van der Waals surface area contributed by atoms with E-state index < -0.39 is 5.72 Å². The second-order valence-corrected chi connectivity index (χ2v) is 4.87. The number of nitrogens with two attached hydrogens (primary N) is 1. The molecule has 100 valence electrons. The van der Waals surface area contributed by atoms with Gasteiger partial charge in [0.05, 0.1) is 12.3 Å². The van der Waals surface area contributed by atoms with Crippen LogP contribution >= 0.6 is 0 Å². The first-order valence-electron chi connectivity index (χ1n) is 6.02. The van der Waals surface area contributed by atoms with E-state index in [1.165, 1.54) is 0 Å². The Balaban J connectivity index is 2.37. The fourth-order valence-corrected chi connectivity index (χ4v) is 2.31. The van der Waals surface area contributed by atoms with Gasteiger partial charge >= 0.3 is 0 Å². The summed E-state index contributed by atoms with van der Waals surface area (Å²) in [6, 6.07) is 3.54. The molecule has 0 amide bonds. The minimum atomic E-state index is -1.20. The predicted molar refractivity (Wildman–Crippen MR) is 71.6 cm³/mol. The first-order chi connectivity index (χ1) is 8.48. The van der Waals surface area contributed by atoms with E-state index in [-0.39, 0.29) is 6.61 Å². The van der Waals surface area contributed by atoms with Gasteiger partial charge in [0.1, 0.15) is 5.82 Å². The Bertz CT molecular complexity index is 438. The molecular formula is C12H20N4O2. The molecule has 1 aliphatic heterocycles. The molecule has 0 radical (unpaired) electrons. The van der Waals surface area contributed by atoms with Crippen LogP contribution in [0, 0.1) is 0 Å². The largest absolute Gasteiger partial charge is 0.396 e. The molecule has 1 aromatic heterocycles. The SMILES string of the molecule is CN(C)c1nc(N2CCCC2(O)CO)ccc1N. The van der Waals surface area contributed by atoms with Crippen LogP contribution in [0.5, 0.6) is 0 Å². The molecule has 1 aliphatic rings. The van der Waals surface area contributed by atoms with E-state index in [1.54, 1.807) is 17.0 Å². The number of hydrogen-bond acceptors (Lipinski definition) is 6. The Hall–Kier alpha value is -1.53. The quantitative estimate of drug-likeness (QED) is 0.702. The second kappa shape index (κ2) is 4.62.